The van der Waals surface area contributed by atoms with E-state index in [4.69, 9.17) is 37.9 Å². The number of aromatic amines is 1. The smallest absolute Gasteiger partial charge is 0.177 e. The van der Waals surface area contributed by atoms with Crippen LogP contribution in [0.15, 0.2) is 42.9 Å². The first-order valence-corrected chi connectivity index (χ1v) is 13.6. The van der Waals surface area contributed by atoms with Crippen molar-refractivity contribution in [3.63, 3.8) is 0 Å². The number of pyridine rings is 1. The molecule has 0 amide bonds. The van der Waals surface area contributed by atoms with Gasteiger partial charge in [-0.05, 0) is 101 Å². The second-order valence-corrected chi connectivity index (χ2v) is 12.1. The first-order valence-electron chi connectivity index (χ1n) is 11.7. The molecule has 0 spiro atoms. The fraction of sp³-hybridized carbons (Fsp3) is 0.481. The number of hydrogen-bond donors (Lipinski definition) is 4. The number of fused-ring (bicyclic) bond motifs is 1. The van der Waals surface area contributed by atoms with E-state index in [1.54, 1.807) is 12.5 Å². The SMILES string of the molecule is SCC12CC3(CS)CC(CS)(C1)CC(c1ccc(C#Cc4cnc5nc[nH]c5c4)cc1)(C2)C3. The summed E-state index contributed by atoms with van der Waals surface area (Å²) in [4.78, 5) is 11.6. The third-order valence-corrected chi connectivity index (χ3v) is 10.5. The third kappa shape index (κ3) is 3.54. The highest BCUT2D eigenvalue weighted by Gasteiger charge is 2.67. The molecular formula is C27H29N3S3. The van der Waals surface area contributed by atoms with Gasteiger partial charge in [-0.1, -0.05) is 24.0 Å². The predicted molar refractivity (Wildman–Crippen MR) is 145 cm³/mol. The van der Waals surface area contributed by atoms with Crippen molar-refractivity contribution in [2.75, 3.05) is 17.3 Å². The van der Waals surface area contributed by atoms with Gasteiger partial charge in [0.25, 0.3) is 0 Å². The zero-order valence-electron chi connectivity index (χ0n) is 18.6. The van der Waals surface area contributed by atoms with Gasteiger partial charge in [-0.3, -0.25) is 0 Å². The van der Waals surface area contributed by atoms with Crippen molar-refractivity contribution in [2.45, 2.75) is 43.9 Å². The van der Waals surface area contributed by atoms with Gasteiger partial charge in [0.1, 0.15) is 0 Å². The van der Waals surface area contributed by atoms with Gasteiger partial charge in [0, 0.05) is 17.3 Å². The molecule has 2 heterocycles. The molecule has 33 heavy (non-hydrogen) atoms. The molecule has 4 saturated carbocycles. The van der Waals surface area contributed by atoms with Gasteiger partial charge in [-0.15, -0.1) is 0 Å². The zero-order chi connectivity index (χ0) is 22.7. The summed E-state index contributed by atoms with van der Waals surface area (Å²) in [5.41, 5.74) is 6.19. The van der Waals surface area contributed by atoms with Crippen LogP contribution < -0.4 is 0 Å². The van der Waals surface area contributed by atoms with Gasteiger partial charge in [0.05, 0.1) is 11.8 Å². The lowest BCUT2D eigenvalue weighted by atomic mass is 9.35. The molecule has 7 rings (SSSR count). The molecular weight excluding hydrogens is 463 g/mol. The number of nitrogens with zero attached hydrogens (tertiary/aromatic N) is 2. The van der Waals surface area contributed by atoms with Crippen molar-refractivity contribution in [1.29, 1.82) is 0 Å². The molecule has 4 bridgehead atoms. The lowest BCUT2D eigenvalue weighted by Gasteiger charge is -2.71. The fourth-order valence-corrected chi connectivity index (χ4v) is 9.05. The van der Waals surface area contributed by atoms with Crippen molar-refractivity contribution in [2.24, 2.45) is 16.2 Å². The van der Waals surface area contributed by atoms with Crippen molar-refractivity contribution in [3.8, 4) is 11.8 Å². The average molecular weight is 492 g/mol. The Balaban J connectivity index is 1.32. The van der Waals surface area contributed by atoms with Crippen LogP contribution in [0.4, 0.5) is 0 Å². The molecule has 0 unspecified atom stereocenters. The number of thiol groups is 3. The van der Waals surface area contributed by atoms with Gasteiger partial charge in [-0.25, -0.2) is 9.97 Å². The standard InChI is InChI=1S/C27H29N3S3/c31-15-24-9-25(16-32)11-26(10-24,17-33)14-27(12-24,13-25)21-5-3-19(4-6-21)1-2-20-7-22-23(28-8-20)30-18-29-22/h3-8,18,31-33H,9-17H2,(H,28,29,30). The second-order valence-electron chi connectivity index (χ2n) is 11.1. The van der Waals surface area contributed by atoms with Gasteiger partial charge in [0.2, 0.25) is 0 Å². The molecule has 0 radical (unpaired) electrons. The minimum Gasteiger partial charge on any atom is -0.343 e. The van der Waals surface area contributed by atoms with Crippen LogP contribution in [0.3, 0.4) is 0 Å². The van der Waals surface area contributed by atoms with Gasteiger partial charge in [0.15, 0.2) is 5.65 Å². The monoisotopic (exact) mass is 491 g/mol. The molecule has 6 heteroatoms. The van der Waals surface area contributed by atoms with Gasteiger partial charge >= 0.3 is 0 Å². The topological polar surface area (TPSA) is 41.6 Å². The molecule has 3 aromatic rings. The van der Waals surface area contributed by atoms with E-state index in [9.17, 15) is 0 Å². The van der Waals surface area contributed by atoms with E-state index in [-0.39, 0.29) is 5.41 Å². The molecule has 0 saturated heterocycles. The Labute approximate surface area is 212 Å². The fourth-order valence-electron chi connectivity index (χ4n) is 8.05. The molecule has 3 nitrogen and oxygen atoms in total. The minimum atomic E-state index is 0.213. The van der Waals surface area contributed by atoms with Crippen LogP contribution in [0, 0.1) is 28.1 Å². The van der Waals surface area contributed by atoms with Gasteiger partial charge < -0.3 is 4.98 Å². The van der Waals surface area contributed by atoms with Gasteiger partial charge in [-0.2, -0.15) is 37.9 Å². The summed E-state index contributed by atoms with van der Waals surface area (Å²) < 4.78 is 0. The molecule has 4 aliphatic carbocycles. The molecule has 2 aromatic heterocycles. The van der Waals surface area contributed by atoms with Crippen LogP contribution in [0.1, 0.15) is 55.2 Å². The van der Waals surface area contributed by atoms with Crippen LogP contribution in [0.2, 0.25) is 0 Å². The summed E-state index contributed by atoms with van der Waals surface area (Å²) in [5.74, 6) is 9.48. The van der Waals surface area contributed by atoms with E-state index in [1.807, 2.05) is 6.07 Å². The van der Waals surface area contributed by atoms with E-state index in [2.05, 4.69) is 51.1 Å². The summed E-state index contributed by atoms with van der Waals surface area (Å²) in [6.45, 7) is 0. The van der Waals surface area contributed by atoms with E-state index in [1.165, 1.54) is 44.1 Å². The third-order valence-electron chi connectivity index (χ3n) is 8.52. The zero-order valence-corrected chi connectivity index (χ0v) is 21.3. The molecule has 4 aliphatic rings. The van der Waals surface area contributed by atoms with Crippen LogP contribution in [0.25, 0.3) is 11.2 Å². The van der Waals surface area contributed by atoms with E-state index in [0.29, 0.717) is 16.2 Å². The van der Waals surface area contributed by atoms with Crippen molar-refractivity contribution in [1.82, 2.24) is 15.0 Å². The first kappa shape index (κ1) is 21.9. The Morgan fingerprint density at radius 1 is 0.758 bits per heavy atom. The molecule has 0 atom stereocenters. The minimum absolute atomic E-state index is 0.213. The number of benzene rings is 1. The first-order chi connectivity index (χ1) is 15.9. The number of aromatic nitrogens is 3. The van der Waals surface area contributed by atoms with E-state index < -0.39 is 0 Å². The Bertz CT molecular complexity index is 1210. The second kappa shape index (κ2) is 7.73. The number of imidazole rings is 1. The van der Waals surface area contributed by atoms with Crippen molar-refractivity contribution >= 4 is 49.1 Å². The lowest BCUT2D eigenvalue weighted by molar-refractivity contribution is -0.145. The van der Waals surface area contributed by atoms with Crippen molar-refractivity contribution in [3.05, 3.63) is 59.5 Å². The number of nitrogens with one attached hydrogen (secondary N) is 1. The quantitative estimate of drug-likeness (QED) is 0.278. The predicted octanol–water partition coefficient (Wildman–Crippen LogP) is 5.73. The molecule has 1 aromatic carbocycles. The number of H-pyrrole nitrogens is 1. The maximum Gasteiger partial charge on any atom is 0.177 e. The Morgan fingerprint density at radius 3 is 1.91 bits per heavy atom. The molecule has 0 aliphatic heterocycles. The Kier molecular flexibility index (Phi) is 5.14. The highest BCUT2D eigenvalue weighted by Crippen LogP contribution is 2.74. The summed E-state index contributed by atoms with van der Waals surface area (Å²) in [7, 11) is 0. The van der Waals surface area contributed by atoms with Crippen molar-refractivity contribution < 1.29 is 0 Å². The molecule has 1 N–H and O–H groups in total. The normalized spacial score (nSPS) is 34.4. The van der Waals surface area contributed by atoms with Crippen LogP contribution in [-0.2, 0) is 5.41 Å². The maximum atomic E-state index is 4.88. The van der Waals surface area contributed by atoms with Crippen LogP contribution in [-0.4, -0.2) is 32.2 Å². The van der Waals surface area contributed by atoms with Crippen LogP contribution >= 0.6 is 37.9 Å². The highest BCUT2D eigenvalue weighted by atomic mass is 32.1. The highest BCUT2D eigenvalue weighted by molar-refractivity contribution is 7.80. The number of hydrogen-bond acceptors (Lipinski definition) is 5. The molecule has 170 valence electrons. The summed E-state index contributed by atoms with van der Waals surface area (Å²) in [5, 5.41) is 0. The summed E-state index contributed by atoms with van der Waals surface area (Å²) >= 11 is 14.7. The number of rotatable bonds is 4. The Morgan fingerprint density at radius 2 is 1.33 bits per heavy atom. The Hall–Kier alpha value is -1.55. The maximum absolute atomic E-state index is 4.88. The van der Waals surface area contributed by atoms with E-state index >= 15 is 0 Å². The summed E-state index contributed by atoms with van der Waals surface area (Å²) in [6, 6.07) is 11.0. The molecule has 4 fully saturated rings. The van der Waals surface area contributed by atoms with E-state index in [0.717, 1.165) is 39.5 Å². The largest absolute Gasteiger partial charge is 0.343 e. The summed E-state index contributed by atoms with van der Waals surface area (Å²) in [6.07, 6.45) is 11.0. The van der Waals surface area contributed by atoms with Crippen LogP contribution in [0.5, 0.6) is 0 Å². The lowest BCUT2D eigenvalue weighted by Crippen LogP contribution is -2.64. The average Bonchev–Trinajstić information content (AvgIpc) is 3.30.